The highest BCUT2D eigenvalue weighted by Gasteiger charge is 2.19. The van der Waals surface area contributed by atoms with Gasteiger partial charge in [0, 0.05) is 20.0 Å². The van der Waals surface area contributed by atoms with Crippen molar-refractivity contribution in [1.82, 2.24) is 4.90 Å². The van der Waals surface area contributed by atoms with Gasteiger partial charge in [0.05, 0.1) is 119 Å². The fourth-order valence-electron chi connectivity index (χ4n) is 5.42. The Balaban J connectivity index is 3.19. The first kappa shape index (κ1) is 56.4. The molecule has 0 atom stereocenters. The van der Waals surface area contributed by atoms with E-state index in [0.717, 1.165) is 12.8 Å². The minimum atomic E-state index is -0.513. The lowest BCUT2D eigenvalue weighted by atomic mass is 10.0. The number of esters is 1. The minimum absolute atomic E-state index is 0.134. The van der Waals surface area contributed by atoms with E-state index in [4.69, 9.17) is 52.1 Å². The second kappa shape index (κ2) is 44.9. The number of nitrogens with zero attached hydrogens (tertiary/aromatic N) is 1. The summed E-state index contributed by atoms with van der Waals surface area (Å²) < 4.78 is 60.0. The number of amides is 1. The summed E-state index contributed by atoms with van der Waals surface area (Å²) in [7, 11) is 1.68. The normalized spacial score (nSPS) is 11.7. The highest BCUT2D eigenvalue weighted by atomic mass is 16.6. The highest BCUT2D eigenvalue weighted by Crippen LogP contribution is 2.14. The third kappa shape index (κ3) is 47.1. The van der Waals surface area contributed by atoms with E-state index in [-0.39, 0.29) is 18.7 Å². The number of unbranched alkanes of at least 4 members (excludes halogenated alkanes) is 14. The zero-order valence-electron chi connectivity index (χ0n) is 37.7. The number of carbonyl (C=O) groups is 2. The molecule has 0 saturated carbocycles. The molecule has 0 heterocycles. The molecular formula is C44H87NO13. The Morgan fingerprint density at radius 2 is 0.672 bits per heavy atom. The van der Waals surface area contributed by atoms with Gasteiger partial charge in [-0.1, -0.05) is 96.8 Å². The number of carbonyl (C=O) groups excluding carboxylic acids is 2. The Morgan fingerprint density at radius 3 is 0.983 bits per heavy atom. The number of hydrogen-bond donors (Lipinski definition) is 0. The average molecular weight is 838 g/mol. The molecular weight excluding hydrogens is 750 g/mol. The topological polar surface area (TPSA) is 139 Å². The quantitative estimate of drug-likeness (QED) is 0.0436. The van der Waals surface area contributed by atoms with Gasteiger partial charge in [0.15, 0.2) is 0 Å². The Bertz CT molecular complexity index is 862. The molecule has 0 fully saturated rings. The molecule has 0 aromatic rings. The summed E-state index contributed by atoms with van der Waals surface area (Å²) in [6.45, 7) is 16.9. The lowest BCUT2D eigenvalue weighted by Gasteiger charge is -2.24. The third-order valence-corrected chi connectivity index (χ3v) is 8.73. The van der Waals surface area contributed by atoms with Gasteiger partial charge >= 0.3 is 12.1 Å². The molecule has 14 nitrogen and oxygen atoms in total. The lowest BCUT2D eigenvalue weighted by molar-refractivity contribution is -0.145. The van der Waals surface area contributed by atoms with Gasteiger partial charge in [-0.3, -0.25) is 4.79 Å². The van der Waals surface area contributed by atoms with Crippen molar-refractivity contribution in [1.29, 1.82) is 0 Å². The van der Waals surface area contributed by atoms with Crippen molar-refractivity contribution in [3.63, 3.8) is 0 Å². The van der Waals surface area contributed by atoms with Crippen LogP contribution >= 0.6 is 0 Å². The third-order valence-electron chi connectivity index (χ3n) is 8.73. The van der Waals surface area contributed by atoms with Crippen LogP contribution in [0.5, 0.6) is 0 Å². The zero-order chi connectivity index (χ0) is 42.5. The Morgan fingerprint density at radius 1 is 0.397 bits per heavy atom. The molecule has 0 aliphatic carbocycles. The molecule has 0 bridgehead atoms. The van der Waals surface area contributed by atoms with Crippen molar-refractivity contribution in [2.45, 2.75) is 136 Å². The van der Waals surface area contributed by atoms with Gasteiger partial charge in [0.2, 0.25) is 0 Å². The van der Waals surface area contributed by atoms with Gasteiger partial charge in [-0.25, -0.2) is 4.79 Å². The number of ether oxygens (including phenoxy) is 11. The van der Waals surface area contributed by atoms with Gasteiger partial charge < -0.3 is 57.0 Å². The number of rotatable bonds is 46. The fraction of sp³-hybridized carbons (Fsp3) is 0.955. The minimum Gasteiger partial charge on any atom is -0.463 e. The van der Waals surface area contributed by atoms with Crippen molar-refractivity contribution in [3.8, 4) is 0 Å². The fourth-order valence-corrected chi connectivity index (χ4v) is 5.42. The Labute approximate surface area is 353 Å². The molecule has 0 saturated heterocycles. The van der Waals surface area contributed by atoms with Gasteiger partial charge in [0.1, 0.15) is 12.2 Å². The summed E-state index contributed by atoms with van der Waals surface area (Å²) in [5.41, 5.74) is -0.513. The first-order valence-corrected chi connectivity index (χ1v) is 22.6. The van der Waals surface area contributed by atoms with Gasteiger partial charge in [-0.15, -0.1) is 0 Å². The molecule has 346 valence electrons. The summed E-state index contributed by atoms with van der Waals surface area (Å²) in [6.07, 6.45) is 19.8. The molecule has 14 heteroatoms. The number of hydrogen-bond acceptors (Lipinski definition) is 13. The van der Waals surface area contributed by atoms with E-state index in [1.54, 1.807) is 7.05 Å². The Hall–Kier alpha value is -1.62. The van der Waals surface area contributed by atoms with Crippen LogP contribution in [0.4, 0.5) is 4.79 Å². The summed E-state index contributed by atoms with van der Waals surface area (Å²) >= 11 is 0. The van der Waals surface area contributed by atoms with Crippen LogP contribution < -0.4 is 0 Å². The van der Waals surface area contributed by atoms with Crippen LogP contribution in [-0.2, 0) is 56.9 Å². The molecule has 0 aliphatic rings. The maximum atomic E-state index is 11.9. The molecule has 0 radical (unpaired) electrons. The van der Waals surface area contributed by atoms with E-state index in [1.807, 2.05) is 20.8 Å². The van der Waals surface area contributed by atoms with Gasteiger partial charge in [-0.05, 0) is 27.2 Å². The molecule has 0 rings (SSSR count). The van der Waals surface area contributed by atoms with E-state index >= 15 is 0 Å². The molecule has 0 N–H and O–H groups in total. The first-order valence-electron chi connectivity index (χ1n) is 22.6. The molecule has 1 amide bonds. The molecule has 58 heavy (non-hydrogen) atoms. The standard InChI is InChI=1S/C44H87NO13/c1-6-7-8-9-10-11-12-13-14-15-16-17-18-19-20-21-42(46)57-41-40-56-39-38-55-37-36-54-35-34-53-33-32-52-31-30-51-29-28-50-27-26-49-25-24-48-23-22-45(5)43(47)58-44(2,3)4/h6-41H2,1-5H3. The van der Waals surface area contributed by atoms with Gasteiger partial charge in [-0.2, -0.15) is 0 Å². The second-order valence-corrected chi connectivity index (χ2v) is 15.3. The van der Waals surface area contributed by atoms with Crippen LogP contribution in [0.1, 0.15) is 130 Å². The van der Waals surface area contributed by atoms with Crippen LogP contribution in [-0.4, -0.2) is 162 Å². The van der Waals surface area contributed by atoms with Crippen molar-refractivity contribution in [2.75, 3.05) is 139 Å². The van der Waals surface area contributed by atoms with Crippen LogP contribution in [0.3, 0.4) is 0 Å². The molecule has 0 aromatic heterocycles. The van der Waals surface area contributed by atoms with E-state index in [1.165, 1.54) is 88.4 Å². The van der Waals surface area contributed by atoms with Crippen molar-refractivity contribution < 1.29 is 61.7 Å². The summed E-state index contributed by atoms with van der Waals surface area (Å²) in [6, 6.07) is 0. The average Bonchev–Trinajstić information content (AvgIpc) is 3.19. The van der Waals surface area contributed by atoms with E-state index in [0.29, 0.717) is 132 Å². The number of likely N-dealkylation sites (N-methyl/N-ethyl adjacent to an activating group) is 1. The van der Waals surface area contributed by atoms with E-state index < -0.39 is 5.60 Å². The zero-order valence-corrected chi connectivity index (χ0v) is 37.7. The van der Waals surface area contributed by atoms with E-state index in [2.05, 4.69) is 6.92 Å². The summed E-state index contributed by atoms with van der Waals surface area (Å²) in [5.74, 6) is -0.134. The lowest BCUT2D eigenvalue weighted by Crippen LogP contribution is -2.36. The van der Waals surface area contributed by atoms with Crippen molar-refractivity contribution >= 4 is 12.1 Å². The van der Waals surface area contributed by atoms with Crippen LogP contribution in [0.15, 0.2) is 0 Å². The highest BCUT2D eigenvalue weighted by molar-refractivity contribution is 5.69. The monoisotopic (exact) mass is 838 g/mol. The maximum absolute atomic E-state index is 11.9. The SMILES string of the molecule is CCCCCCCCCCCCCCCCCC(=O)OCCOCCOCCOCCOCCOCCOCCOCCOCCOCCN(C)C(=O)OC(C)(C)C. The predicted octanol–water partition coefficient (Wildman–Crippen LogP) is 7.81. The predicted molar refractivity (Wildman–Crippen MR) is 227 cm³/mol. The van der Waals surface area contributed by atoms with Crippen LogP contribution in [0, 0.1) is 0 Å². The largest absolute Gasteiger partial charge is 0.463 e. The molecule has 0 aliphatic heterocycles. The Kier molecular flexibility index (Phi) is 43.7. The maximum Gasteiger partial charge on any atom is 0.410 e. The van der Waals surface area contributed by atoms with Crippen molar-refractivity contribution in [3.05, 3.63) is 0 Å². The molecule has 0 spiro atoms. The molecule has 0 unspecified atom stereocenters. The van der Waals surface area contributed by atoms with Crippen LogP contribution in [0.2, 0.25) is 0 Å². The van der Waals surface area contributed by atoms with Crippen LogP contribution in [0.25, 0.3) is 0 Å². The molecule has 0 aromatic carbocycles. The van der Waals surface area contributed by atoms with E-state index in [9.17, 15) is 9.59 Å². The second-order valence-electron chi connectivity index (χ2n) is 15.3. The summed E-state index contributed by atoms with van der Waals surface area (Å²) in [5, 5.41) is 0. The summed E-state index contributed by atoms with van der Waals surface area (Å²) in [4.78, 5) is 25.3. The first-order chi connectivity index (χ1) is 28.3. The smallest absolute Gasteiger partial charge is 0.410 e. The van der Waals surface area contributed by atoms with Crippen molar-refractivity contribution in [2.24, 2.45) is 0 Å². The van der Waals surface area contributed by atoms with Gasteiger partial charge in [0.25, 0.3) is 0 Å².